The summed E-state index contributed by atoms with van der Waals surface area (Å²) in [6.07, 6.45) is 1.50. The maximum absolute atomic E-state index is 13.6. The Morgan fingerprint density at radius 1 is 1.28 bits per heavy atom. The van der Waals surface area contributed by atoms with Crippen molar-refractivity contribution in [1.29, 1.82) is 0 Å². The lowest BCUT2D eigenvalue weighted by Gasteiger charge is -2.07. The topological polar surface area (TPSA) is 42.0 Å². The van der Waals surface area contributed by atoms with E-state index < -0.39 is 11.7 Å². The van der Waals surface area contributed by atoms with E-state index in [1.807, 2.05) is 0 Å². The van der Waals surface area contributed by atoms with E-state index in [0.29, 0.717) is 8.95 Å². The summed E-state index contributed by atoms with van der Waals surface area (Å²) < 4.78 is 14.7. The first-order valence-electron chi connectivity index (χ1n) is 4.95. The SMILES string of the molecule is O=C(Nc1ccc(Br)cc1F)c1ncccc1Br. The van der Waals surface area contributed by atoms with Crippen LogP contribution in [0.5, 0.6) is 0 Å². The second-order valence-electron chi connectivity index (χ2n) is 3.41. The van der Waals surface area contributed by atoms with Crippen LogP contribution in [0.15, 0.2) is 45.5 Å². The predicted octanol–water partition coefficient (Wildman–Crippen LogP) is 4.00. The molecule has 0 saturated heterocycles. The van der Waals surface area contributed by atoms with E-state index in [4.69, 9.17) is 0 Å². The number of rotatable bonds is 2. The number of halogens is 3. The minimum atomic E-state index is -0.509. The third kappa shape index (κ3) is 2.94. The van der Waals surface area contributed by atoms with Crippen molar-refractivity contribution in [3.05, 3.63) is 57.0 Å². The Balaban J connectivity index is 2.24. The highest BCUT2D eigenvalue weighted by atomic mass is 79.9. The van der Waals surface area contributed by atoms with Gasteiger partial charge in [-0.05, 0) is 46.3 Å². The Morgan fingerprint density at radius 2 is 2.06 bits per heavy atom. The predicted molar refractivity (Wildman–Crippen MR) is 74.0 cm³/mol. The summed E-state index contributed by atoms with van der Waals surface area (Å²) in [4.78, 5) is 15.8. The van der Waals surface area contributed by atoms with Gasteiger partial charge >= 0.3 is 0 Å². The number of nitrogens with zero attached hydrogens (tertiary/aromatic N) is 1. The molecule has 6 heteroatoms. The zero-order valence-corrected chi connectivity index (χ0v) is 12.1. The minimum Gasteiger partial charge on any atom is -0.318 e. The molecule has 92 valence electrons. The average molecular weight is 374 g/mol. The van der Waals surface area contributed by atoms with Crippen LogP contribution in [0.4, 0.5) is 10.1 Å². The van der Waals surface area contributed by atoms with Crippen molar-refractivity contribution >= 4 is 43.5 Å². The second-order valence-corrected chi connectivity index (χ2v) is 5.18. The number of anilines is 1. The Bertz CT molecular complexity index is 604. The molecule has 1 amide bonds. The molecule has 0 spiro atoms. The van der Waals surface area contributed by atoms with Gasteiger partial charge in [-0.25, -0.2) is 9.37 Å². The number of pyridine rings is 1. The van der Waals surface area contributed by atoms with Crippen LogP contribution >= 0.6 is 31.9 Å². The molecule has 0 radical (unpaired) electrons. The second kappa shape index (κ2) is 5.58. The highest BCUT2D eigenvalue weighted by molar-refractivity contribution is 9.10. The van der Waals surface area contributed by atoms with Gasteiger partial charge in [-0.15, -0.1) is 0 Å². The van der Waals surface area contributed by atoms with Gasteiger partial charge in [0.05, 0.1) is 5.69 Å². The third-order valence-electron chi connectivity index (χ3n) is 2.15. The normalized spacial score (nSPS) is 10.2. The van der Waals surface area contributed by atoms with Crippen LogP contribution in [0.3, 0.4) is 0 Å². The van der Waals surface area contributed by atoms with E-state index in [-0.39, 0.29) is 11.4 Å². The number of amides is 1. The Morgan fingerprint density at radius 3 is 2.72 bits per heavy atom. The molecule has 18 heavy (non-hydrogen) atoms. The fourth-order valence-corrected chi connectivity index (χ4v) is 2.09. The molecule has 0 saturated carbocycles. The van der Waals surface area contributed by atoms with Crippen molar-refractivity contribution in [2.75, 3.05) is 5.32 Å². The molecule has 2 aromatic rings. The summed E-state index contributed by atoms with van der Waals surface area (Å²) in [5.41, 5.74) is 0.320. The summed E-state index contributed by atoms with van der Waals surface area (Å²) in [6, 6.07) is 7.80. The van der Waals surface area contributed by atoms with Gasteiger partial charge < -0.3 is 5.32 Å². The molecule has 1 aromatic heterocycles. The van der Waals surface area contributed by atoms with Gasteiger partial charge in [-0.3, -0.25) is 4.79 Å². The van der Waals surface area contributed by atoms with E-state index in [2.05, 4.69) is 42.2 Å². The van der Waals surface area contributed by atoms with Crippen LogP contribution < -0.4 is 5.32 Å². The number of aromatic nitrogens is 1. The van der Waals surface area contributed by atoms with Crippen LogP contribution in [0.2, 0.25) is 0 Å². The highest BCUT2D eigenvalue weighted by Gasteiger charge is 2.13. The first kappa shape index (κ1) is 13.2. The van der Waals surface area contributed by atoms with Gasteiger partial charge in [0, 0.05) is 15.1 Å². The zero-order chi connectivity index (χ0) is 13.1. The summed E-state index contributed by atoms with van der Waals surface area (Å²) in [5, 5.41) is 2.47. The summed E-state index contributed by atoms with van der Waals surface area (Å²) >= 11 is 6.36. The maximum Gasteiger partial charge on any atom is 0.275 e. The molecule has 1 heterocycles. The molecule has 0 aliphatic heterocycles. The minimum absolute atomic E-state index is 0.112. The van der Waals surface area contributed by atoms with Crippen LogP contribution in [-0.4, -0.2) is 10.9 Å². The van der Waals surface area contributed by atoms with Crippen LogP contribution in [0.25, 0.3) is 0 Å². The first-order valence-corrected chi connectivity index (χ1v) is 6.53. The molecule has 0 aliphatic carbocycles. The number of benzene rings is 1. The van der Waals surface area contributed by atoms with Gasteiger partial charge in [0.1, 0.15) is 11.5 Å². The molecule has 0 fully saturated rings. The molecule has 0 aliphatic rings. The largest absolute Gasteiger partial charge is 0.318 e. The summed E-state index contributed by atoms with van der Waals surface area (Å²) in [7, 11) is 0. The molecule has 2 rings (SSSR count). The molecule has 0 atom stereocenters. The lowest BCUT2D eigenvalue weighted by atomic mass is 10.3. The first-order chi connectivity index (χ1) is 8.58. The number of hydrogen-bond donors (Lipinski definition) is 1. The van der Waals surface area contributed by atoms with Crippen molar-refractivity contribution in [2.24, 2.45) is 0 Å². The average Bonchev–Trinajstić information content (AvgIpc) is 2.33. The summed E-state index contributed by atoms with van der Waals surface area (Å²) in [5.74, 6) is -0.978. The van der Waals surface area contributed by atoms with E-state index >= 15 is 0 Å². The monoisotopic (exact) mass is 372 g/mol. The fraction of sp³-hybridized carbons (Fsp3) is 0. The smallest absolute Gasteiger partial charge is 0.275 e. The Labute approximate surface area is 120 Å². The number of hydrogen-bond acceptors (Lipinski definition) is 2. The standard InChI is InChI=1S/C12H7Br2FN2O/c13-7-3-4-10(9(15)6-7)17-12(18)11-8(14)2-1-5-16-11/h1-6H,(H,17,18). The van der Waals surface area contributed by atoms with Gasteiger partial charge in [0.15, 0.2) is 0 Å². The quantitative estimate of drug-likeness (QED) is 0.864. The van der Waals surface area contributed by atoms with Crippen LogP contribution in [0.1, 0.15) is 10.5 Å². The number of carbonyl (C=O) groups is 1. The van der Waals surface area contributed by atoms with E-state index in [0.717, 1.165) is 0 Å². The van der Waals surface area contributed by atoms with E-state index in [9.17, 15) is 9.18 Å². The van der Waals surface area contributed by atoms with Crippen molar-refractivity contribution in [3.63, 3.8) is 0 Å². The Kier molecular flexibility index (Phi) is 4.08. The highest BCUT2D eigenvalue weighted by Crippen LogP contribution is 2.21. The third-order valence-corrected chi connectivity index (χ3v) is 3.29. The Hall–Kier alpha value is -1.27. The van der Waals surface area contributed by atoms with Gasteiger partial charge in [-0.2, -0.15) is 0 Å². The molecule has 3 nitrogen and oxygen atoms in total. The molecule has 0 unspecified atom stereocenters. The molecule has 1 aromatic carbocycles. The van der Waals surface area contributed by atoms with Crippen molar-refractivity contribution in [1.82, 2.24) is 4.98 Å². The van der Waals surface area contributed by atoms with Crippen LogP contribution in [0, 0.1) is 5.82 Å². The molecular weight excluding hydrogens is 367 g/mol. The lowest BCUT2D eigenvalue weighted by Crippen LogP contribution is -2.15. The van der Waals surface area contributed by atoms with E-state index in [1.54, 1.807) is 18.2 Å². The fourth-order valence-electron chi connectivity index (χ4n) is 1.33. The summed E-state index contributed by atoms with van der Waals surface area (Å²) in [6.45, 7) is 0. The number of nitrogens with one attached hydrogen (secondary N) is 1. The molecule has 1 N–H and O–H groups in total. The number of carbonyl (C=O) groups excluding carboxylic acids is 1. The zero-order valence-electron chi connectivity index (χ0n) is 8.95. The molecular formula is C12H7Br2FN2O. The lowest BCUT2D eigenvalue weighted by molar-refractivity contribution is 0.102. The van der Waals surface area contributed by atoms with Crippen LogP contribution in [-0.2, 0) is 0 Å². The van der Waals surface area contributed by atoms with Crippen molar-refractivity contribution < 1.29 is 9.18 Å². The maximum atomic E-state index is 13.6. The van der Waals surface area contributed by atoms with E-state index in [1.165, 1.54) is 18.3 Å². The molecule has 0 bridgehead atoms. The van der Waals surface area contributed by atoms with Gasteiger partial charge in [-0.1, -0.05) is 15.9 Å². The van der Waals surface area contributed by atoms with Crippen molar-refractivity contribution in [2.45, 2.75) is 0 Å². The van der Waals surface area contributed by atoms with Gasteiger partial charge in [0.2, 0.25) is 0 Å². The van der Waals surface area contributed by atoms with Gasteiger partial charge in [0.25, 0.3) is 5.91 Å². The van der Waals surface area contributed by atoms with Crippen molar-refractivity contribution in [3.8, 4) is 0 Å².